The van der Waals surface area contributed by atoms with Gasteiger partial charge in [0.25, 0.3) is 0 Å². The van der Waals surface area contributed by atoms with Crippen molar-refractivity contribution in [1.82, 2.24) is 14.8 Å². The SMILES string of the molecule is COc1ccc(C)cc1NC(=O)CSc1nnc(C(C)Oc2ccccc2Cl)n1-c1ccccc1. The van der Waals surface area contributed by atoms with E-state index in [1.54, 1.807) is 13.2 Å². The van der Waals surface area contributed by atoms with Crippen molar-refractivity contribution >= 4 is 35.0 Å². The van der Waals surface area contributed by atoms with Gasteiger partial charge in [-0.2, -0.15) is 0 Å². The first-order valence-corrected chi connectivity index (χ1v) is 12.3. The van der Waals surface area contributed by atoms with Crippen molar-refractivity contribution < 1.29 is 14.3 Å². The van der Waals surface area contributed by atoms with E-state index < -0.39 is 6.10 Å². The molecule has 4 aromatic rings. The van der Waals surface area contributed by atoms with Crippen LogP contribution < -0.4 is 14.8 Å². The van der Waals surface area contributed by atoms with Gasteiger partial charge in [0.05, 0.1) is 23.6 Å². The molecular formula is C26H25ClN4O3S. The minimum atomic E-state index is -0.442. The fraction of sp³-hybridized carbons (Fsp3) is 0.192. The molecule has 0 aliphatic rings. The number of aryl methyl sites for hydroxylation is 1. The molecule has 1 amide bonds. The first-order chi connectivity index (χ1) is 17.0. The van der Waals surface area contributed by atoms with Crippen LogP contribution in [0, 0.1) is 6.92 Å². The van der Waals surface area contributed by atoms with Gasteiger partial charge in [0.15, 0.2) is 17.1 Å². The van der Waals surface area contributed by atoms with Crippen LogP contribution >= 0.6 is 23.4 Å². The molecule has 9 heteroatoms. The van der Waals surface area contributed by atoms with Gasteiger partial charge in [-0.15, -0.1) is 10.2 Å². The van der Waals surface area contributed by atoms with Gasteiger partial charge >= 0.3 is 0 Å². The van der Waals surface area contributed by atoms with E-state index in [4.69, 9.17) is 21.1 Å². The number of methoxy groups -OCH3 is 1. The summed E-state index contributed by atoms with van der Waals surface area (Å²) in [7, 11) is 1.57. The highest BCUT2D eigenvalue weighted by Crippen LogP contribution is 2.31. The predicted molar refractivity (Wildman–Crippen MR) is 139 cm³/mol. The number of carbonyl (C=O) groups excluding carboxylic acids is 1. The highest BCUT2D eigenvalue weighted by atomic mass is 35.5. The molecule has 0 radical (unpaired) electrons. The molecule has 35 heavy (non-hydrogen) atoms. The Kier molecular flexibility index (Phi) is 7.94. The summed E-state index contributed by atoms with van der Waals surface area (Å²) in [5.41, 5.74) is 2.52. The van der Waals surface area contributed by atoms with E-state index in [9.17, 15) is 4.79 Å². The number of para-hydroxylation sites is 2. The quantitative estimate of drug-likeness (QED) is 0.275. The Hall–Kier alpha value is -3.49. The number of thioether (sulfide) groups is 1. The van der Waals surface area contributed by atoms with Gasteiger partial charge in [0, 0.05) is 5.69 Å². The molecule has 1 N–H and O–H groups in total. The third-order valence-electron chi connectivity index (χ3n) is 5.14. The van der Waals surface area contributed by atoms with Crippen molar-refractivity contribution in [3.05, 3.63) is 89.2 Å². The molecule has 180 valence electrons. The van der Waals surface area contributed by atoms with Crippen LogP contribution in [0.15, 0.2) is 78.0 Å². The molecule has 7 nitrogen and oxygen atoms in total. The topological polar surface area (TPSA) is 78.3 Å². The Labute approximate surface area is 213 Å². The van der Waals surface area contributed by atoms with E-state index in [0.717, 1.165) is 11.3 Å². The number of benzene rings is 3. The van der Waals surface area contributed by atoms with Crippen molar-refractivity contribution in [2.45, 2.75) is 25.1 Å². The smallest absolute Gasteiger partial charge is 0.234 e. The Morgan fingerprint density at radius 3 is 2.54 bits per heavy atom. The average Bonchev–Trinajstić information content (AvgIpc) is 3.29. The van der Waals surface area contributed by atoms with E-state index in [1.165, 1.54) is 11.8 Å². The van der Waals surface area contributed by atoms with Crippen molar-refractivity contribution in [2.75, 3.05) is 18.2 Å². The average molecular weight is 509 g/mol. The molecule has 0 aliphatic carbocycles. The summed E-state index contributed by atoms with van der Waals surface area (Å²) >= 11 is 7.56. The minimum absolute atomic E-state index is 0.141. The standard InChI is InChI=1S/C26H25ClN4O3S/c1-17-13-14-23(33-3)21(15-17)28-24(32)16-35-26-30-29-25(31(26)19-9-5-4-6-10-19)18(2)34-22-12-8-7-11-20(22)27/h4-15,18H,16H2,1-3H3,(H,28,32). The highest BCUT2D eigenvalue weighted by Gasteiger charge is 2.22. The van der Waals surface area contributed by atoms with E-state index in [1.807, 2.05) is 85.1 Å². The lowest BCUT2D eigenvalue weighted by atomic mass is 10.2. The maximum Gasteiger partial charge on any atom is 0.234 e. The van der Waals surface area contributed by atoms with Crippen molar-refractivity contribution in [3.63, 3.8) is 0 Å². The van der Waals surface area contributed by atoms with Crippen LogP contribution in [-0.4, -0.2) is 33.5 Å². The van der Waals surface area contributed by atoms with Crippen molar-refractivity contribution in [1.29, 1.82) is 0 Å². The number of anilines is 1. The zero-order valence-corrected chi connectivity index (χ0v) is 21.1. The monoisotopic (exact) mass is 508 g/mol. The molecule has 1 unspecified atom stereocenters. The lowest BCUT2D eigenvalue weighted by molar-refractivity contribution is -0.113. The summed E-state index contributed by atoms with van der Waals surface area (Å²) in [6.45, 7) is 3.84. The molecule has 0 fully saturated rings. The fourth-order valence-electron chi connectivity index (χ4n) is 3.48. The van der Waals surface area contributed by atoms with Crippen LogP contribution in [0.2, 0.25) is 5.02 Å². The number of ether oxygens (including phenoxy) is 2. The molecule has 4 rings (SSSR count). The van der Waals surface area contributed by atoms with Crippen LogP contribution in [0.4, 0.5) is 5.69 Å². The minimum Gasteiger partial charge on any atom is -0.495 e. The van der Waals surface area contributed by atoms with Gasteiger partial charge in [-0.1, -0.05) is 59.8 Å². The summed E-state index contributed by atoms with van der Waals surface area (Å²) in [6.07, 6.45) is -0.442. The van der Waals surface area contributed by atoms with Gasteiger partial charge in [-0.3, -0.25) is 9.36 Å². The number of halogens is 1. The zero-order valence-electron chi connectivity index (χ0n) is 19.6. The number of hydrogen-bond donors (Lipinski definition) is 1. The van der Waals surface area contributed by atoms with E-state index in [0.29, 0.717) is 33.2 Å². The molecule has 1 aromatic heterocycles. The molecule has 1 atom stereocenters. The number of nitrogens with zero attached hydrogens (tertiary/aromatic N) is 3. The number of aromatic nitrogens is 3. The number of amides is 1. The van der Waals surface area contributed by atoms with E-state index >= 15 is 0 Å². The van der Waals surface area contributed by atoms with Gasteiger partial charge in [0.1, 0.15) is 11.5 Å². The lowest BCUT2D eigenvalue weighted by Crippen LogP contribution is -2.16. The van der Waals surface area contributed by atoms with Crippen LogP contribution in [0.1, 0.15) is 24.4 Å². The Bertz CT molecular complexity index is 1310. The molecule has 0 bridgehead atoms. The number of nitrogens with one attached hydrogen (secondary N) is 1. The fourth-order valence-corrected chi connectivity index (χ4v) is 4.42. The summed E-state index contributed by atoms with van der Waals surface area (Å²) in [4.78, 5) is 12.7. The lowest BCUT2D eigenvalue weighted by Gasteiger charge is -2.17. The number of hydrogen-bond acceptors (Lipinski definition) is 6. The van der Waals surface area contributed by atoms with Crippen LogP contribution in [-0.2, 0) is 4.79 Å². The molecule has 0 aliphatic heterocycles. The maximum absolute atomic E-state index is 12.7. The summed E-state index contributed by atoms with van der Waals surface area (Å²) in [5.74, 6) is 1.73. The first-order valence-electron chi connectivity index (χ1n) is 11.0. The number of rotatable bonds is 9. The Morgan fingerprint density at radius 1 is 1.06 bits per heavy atom. The van der Waals surface area contributed by atoms with Crippen molar-refractivity contribution in [3.8, 4) is 17.2 Å². The zero-order chi connectivity index (χ0) is 24.8. The molecule has 1 heterocycles. The Morgan fingerprint density at radius 2 is 1.80 bits per heavy atom. The Balaban J connectivity index is 1.55. The second kappa shape index (κ2) is 11.3. The van der Waals surface area contributed by atoms with Crippen LogP contribution in [0.5, 0.6) is 11.5 Å². The summed E-state index contributed by atoms with van der Waals surface area (Å²) < 4.78 is 13.3. The number of carbonyl (C=O) groups is 1. The summed E-state index contributed by atoms with van der Waals surface area (Å²) in [5, 5.41) is 12.8. The van der Waals surface area contributed by atoms with E-state index in [2.05, 4.69) is 15.5 Å². The molecule has 0 saturated heterocycles. The largest absolute Gasteiger partial charge is 0.495 e. The van der Waals surface area contributed by atoms with E-state index in [-0.39, 0.29) is 11.7 Å². The molecule has 0 spiro atoms. The molecular weight excluding hydrogens is 484 g/mol. The van der Waals surface area contributed by atoms with Gasteiger partial charge < -0.3 is 14.8 Å². The normalized spacial score (nSPS) is 11.7. The molecule has 0 saturated carbocycles. The molecule has 3 aromatic carbocycles. The van der Waals surface area contributed by atoms with Crippen molar-refractivity contribution in [2.24, 2.45) is 0 Å². The second-order valence-electron chi connectivity index (χ2n) is 7.74. The third kappa shape index (κ3) is 5.96. The van der Waals surface area contributed by atoms with Gasteiger partial charge in [-0.05, 0) is 55.8 Å². The first kappa shape index (κ1) is 24.6. The maximum atomic E-state index is 12.7. The predicted octanol–water partition coefficient (Wildman–Crippen LogP) is 6.11. The third-order valence-corrected chi connectivity index (χ3v) is 6.38. The van der Waals surface area contributed by atoms with Crippen LogP contribution in [0.25, 0.3) is 5.69 Å². The highest BCUT2D eigenvalue weighted by molar-refractivity contribution is 7.99. The van der Waals surface area contributed by atoms with Crippen LogP contribution in [0.3, 0.4) is 0 Å². The van der Waals surface area contributed by atoms with Gasteiger partial charge in [-0.25, -0.2) is 0 Å². The second-order valence-corrected chi connectivity index (χ2v) is 9.09. The summed E-state index contributed by atoms with van der Waals surface area (Å²) in [6, 6.07) is 22.6. The van der Waals surface area contributed by atoms with Gasteiger partial charge in [0.2, 0.25) is 5.91 Å².